The van der Waals surface area contributed by atoms with E-state index in [2.05, 4.69) is 16.2 Å². The monoisotopic (exact) mass is 345 g/mol. The van der Waals surface area contributed by atoms with Crippen molar-refractivity contribution in [3.63, 3.8) is 0 Å². The molecule has 0 aliphatic carbocycles. The first-order valence-electron chi connectivity index (χ1n) is 7.90. The normalized spacial score (nSPS) is 19.5. The zero-order valence-corrected chi connectivity index (χ0v) is 14.0. The summed E-state index contributed by atoms with van der Waals surface area (Å²) >= 11 is 0. The molecule has 1 aliphatic rings. The summed E-state index contributed by atoms with van der Waals surface area (Å²) in [4.78, 5) is 12.5. The Kier molecular flexibility index (Phi) is 5.16. The summed E-state index contributed by atoms with van der Waals surface area (Å²) < 4.78 is 23.5. The smallest absolute Gasteiger partial charge is 0.243 e. The number of nitrogens with one attached hydrogen (secondary N) is 3. The van der Waals surface area contributed by atoms with Gasteiger partial charge in [-0.3, -0.25) is 4.79 Å². The lowest BCUT2D eigenvalue weighted by Gasteiger charge is -2.14. The molecule has 3 rings (SSSR count). The highest BCUT2D eigenvalue weighted by Crippen LogP contribution is 2.30. The molecule has 0 bridgehead atoms. The number of benzene rings is 2. The van der Waals surface area contributed by atoms with E-state index in [1.807, 2.05) is 0 Å². The van der Waals surface area contributed by atoms with Crippen LogP contribution in [0.25, 0.3) is 0 Å². The molecule has 1 saturated heterocycles. The van der Waals surface area contributed by atoms with E-state index in [9.17, 15) is 9.18 Å². The fourth-order valence-electron chi connectivity index (χ4n) is 2.77. The molecule has 0 radical (unpaired) electrons. The third kappa shape index (κ3) is 3.89. The van der Waals surface area contributed by atoms with Gasteiger partial charge in [0.15, 0.2) is 0 Å². The van der Waals surface area contributed by atoms with Crippen molar-refractivity contribution in [3.05, 3.63) is 53.8 Å². The zero-order chi connectivity index (χ0) is 17.8. The van der Waals surface area contributed by atoms with Crippen LogP contribution in [0.1, 0.15) is 18.0 Å². The maximum atomic E-state index is 13.0. The predicted octanol–water partition coefficient (Wildman–Crippen LogP) is 2.39. The summed E-state index contributed by atoms with van der Waals surface area (Å²) in [5.41, 5.74) is 7.51. The summed E-state index contributed by atoms with van der Waals surface area (Å²) in [6.45, 7) is 0. The quantitative estimate of drug-likeness (QED) is 0.776. The van der Waals surface area contributed by atoms with Crippen LogP contribution in [0.15, 0.2) is 42.5 Å². The van der Waals surface area contributed by atoms with Gasteiger partial charge in [0.1, 0.15) is 23.4 Å². The van der Waals surface area contributed by atoms with Crippen molar-refractivity contribution >= 4 is 11.6 Å². The van der Waals surface area contributed by atoms with E-state index in [1.165, 1.54) is 19.2 Å². The highest BCUT2D eigenvalue weighted by atomic mass is 19.1. The van der Waals surface area contributed by atoms with E-state index in [-0.39, 0.29) is 17.8 Å². The molecular formula is C18H20FN3O3. The molecule has 25 heavy (non-hydrogen) atoms. The first kappa shape index (κ1) is 17.2. The van der Waals surface area contributed by atoms with Crippen LogP contribution in [0.5, 0.6) is 11.5 Å². The highest BCUT2D eigenvalue weighted by Gasteiger charge is 2.30. The number of hydrogen-bond acceptors (Lipinski definition) is 5. The zero-order valence-electron chi connectivity index (χ0n) is 14.0. The number of hydrogen-bond donors (Lipinski definition) is 3. The van der Waals surface area contributed by atoms with Gasteiger partial charge in [0, 0.05) is 12.1 Å². The molecule has 2 unspecified atom stereocenters. The van der Waals surface area contributed by atoms with Gasteiger partial charge >= 0.3 is 0 Å². The molecule has 2 atom stereocenters. The number of ether oxygens (including phenoxy) is 2. The number of carbonyl (C=O) groups is 1. The fourth-order valence-corrected chi connectivity index (χ4v) is 2.77. The number of carbonyl (C=O) groups excluding carboxylic acids is 1. The van der Waals surface area contributed by atoms with Crippen molar-refractivity contribution in [2.75, 3.05) is 19.5 Å². The minimum Gasteiger partial charge on any atom is -0.497 e. The average molecular weight is 345 g/mol. The van der Waals surface area contributed by atoms with E-state index >= 15 is 0 Å². The molecular weight excluding hydrogens is 325 g/mol. The van der Waals surface area contributed by atoms with Crippen LogP contribution in [0.4, 0.5) is 10.1 Å². The van der Waals surface area contributed by atoms with Gasteiger partial charge in [-0.1, -0.05) is 12.1 Å². The Hall–Kier alpha value is -2.64. The van der Waals surface area contributed by atoms with Gasteiger partial charge in [0.25, 0.3) is 0 Å². The maximum Gasteiger partial charge on any atom is 0.243 e. The number of halogens is 1. The first-order chi connectivity index (χ1) is 12.1. The Balaban J connectivity index is 1.67. The molecule has 6 nitrogen and oxygen atoms in total. The SMILES string of the molecule is COc1ccc(OC)c(NC(=O)C2CC(c3ccc(F)cc3)NN2)c1. The third-order valence-corrected chi connectivity index (χ3v) is 4.16. The number of methoxy groups -OCH3 is 2. The lowest BCUT2D eigenvalue weighted by molar-refractivity contribution is -0.117. The molecule has 2 aromatic rings. The molecule has 2 aromatic carbocycles. The second-order valence-electron chi connectivity index (χ2n) is 5.74. The average Bonchev–Trinajstić information content (AvgIpc) is 3.12. The Morgan fingerprint density at radius 1 is 1.12 bits per heavy atom. The van der Waals surface area contributed by atoms with Crippen molar-refractivity contribution in [1.82, 2.24) is 10.9 Å². The maximum absolute atomic E-state index is 13.0. The van der Waals surface area contributed by atoms with Gasteiger partial charge in [0.05, 0.1) is 19.9 Å². The molecule has 0 saturated carbocycles. The molecule has 1 heterocycles. The summed E-state index contributed by atoms with van der Waals surface area (Å²) in [6.07, 6.45) is 0.545. The second-order valence-corrected chi connectivity index (χ2v) is 5.74. The molecule has 0 spiro atoms. The van der Waals surface area contributed by atoms with Crippen LogP contribution in [0, 0.1) is 5.82 Å². The van der Waals surface area contributed by atoms with Gasteiger partial charge in [-0.2, -0.15) is 0 Å². The van der Waals surface area contributed by atoms with E-state index in [0.29, 0.717) is 23.6 Å². The van der Waals surface area contributed by atoms with Crippen LogP contribution in [-0.2, 0) is 4.79 Å². The molecule has 3 N–H and O–H groups in total. The Morgan fingerprint density at radius 2 is 1.88 bits per heavy atom. The molecule has 1 fully saturated rings. The third-order valence-electron chi connectivity index (χ3n) is 4.16. The van der Waals surface area contributed by atoms with Gasteiger partial charge in [-0.25, -0.2) is 15.2 Å². The van der Waals surface area contributed by atoms with E-state index in [0.717, 1.165) is 5.56 Å². The summed E-state index contributed by atoms with van der Waals surface area (Å²) in [7, 11) is 3.10. The second kappa shape index (κ2) is 7.50. The van der Waals surface area contributed by atoms with Crippen molar-refractivity contribution < 1.29 is 18.7 Å². The summed E-state index contributed by atoms with van der Waals surface area (Å²) in [5.74, 6) is 0.700. The largest absolute Gasteiger partial charge is 0.497 e. The van der Waals surface area contributed by atoms with Gasteiger partial charge in [0.2, 0.25) is 5.91 Å². The van der Waals surface area contributed by atoms with Crippen molar-refractivity contribution in [1.29, 1.82) is 0 Å². The fraction of sp³-hybridized carbons (Fsp3) is 0.278. The van der Waals surface area contributed by atoms with E-state index < -0.39 is 6.04 Å². The molecule has 1 aliphatic heterocycles. The number of anilines is 1. The molecule has 7 heteroatoms. The van der Waals surface area contributed by atoms with Crippen molar-refractivity contribution in [2.45, 2.75) is 18.5 Å². The van der Waals surface area contributed by atoms with Gasteiger partial charge < -0.3 is 14.8 Å². The van der Waals surface area contributed by atoms with Crippen molar-refractivity contribution in [2.24, 2.45) is 0 Å². The predicted molar refractivity (Wildman–Crippen MR) is 92.0 cm³/mol. The number of amides is 1. The Morgan fingerprint density at radius 3 is 2.56 bits per heavy atom. The minimum atomic E-state index is -0.425. The van der Waals surface area contributed by atoms with E-state index in [4.69, 9.17) is 9.47 Å². The van der Waals surface area contributed by atoms with E-state index in [1.54, 1.807) is 37.4 Å². The Labute approximate surface area is 145 Å². The minimum absolute atomic E-state index is 0.0662. The van der Waals surface area contributed by atoms with Crippen LogP contribution in [0.2, 0.25) is 0 Å². The van der Waals surface area contributed by atoms with Crippen molar-refractivity contribution in [3.8, 4) is 11.5 Å². The standard InChI is InChI=1S/C18H20FN3O3/c1-24-13-7-8-17(25-2)15(9-13)20-18(23)16-10-14(21-22-16)11-3-5-12(19)6-4-11/h3-9,14,16,21-22H,10H2,1-2H3,(H,20,23). The van der Waals surface area contributed by atoms with Gasteiger partial charge in [-0.05, 0) is 36.2 Å². The van der Waals surface area contributed by atoms with Crippen LogP contribution in [-0.4, -0.2) is 26.2 Å². The first-order valence-corrected chi connectivity index (χ1v) is 7.90. The Bertz CT molecular complexity index is 752. The molecule has 132 valence electrons. The lowest BCUT2D eigenvalue weighted by Crippen LogP contribution is -2.39. The topological polar surface area (TPSA) is 71.6 Å². The van der Waals surface area contributed by atoms with Crippen LogP contribution < -0.4 is 25.6 Å². The molecule has 1 amide bonds. The lowest BCUT2D eigenvalue weighted by atomic mass is 10.0. The summed E-state index contributed by atoms with van der Waals surface area (Å²) in [5, 5.41) is 2.85. The highest BCUT2D eigenvalue weighted by molar-refractivity contribution is 5.96. The van der Waals surface area contributed by atoms with Crippen LogP contribution in [0.3, 0.4) is 0 Å². The van der Waals surface area contributed by atoms with Crippen LogP contribution >= 0.6 is 0 Å². The number of rotatable bonds is 5. The van der Waals surface area contributed by atoms with Gasteiger partial charge in [-0.15, -0.1) is 0 Å². The summed E-state index contributed by atoms with van der Waals surface area (Å²) in [6, 6.07) is 10.9. The molecule has 0 aromatic heterocycles. The number of hydrazine groups is 1.